The lowest BCUT2D eigenvalue weighted by Gasteiger charge is -2.23. The van der Waals surface area contributed by atoms with Crippen LogP contribution in [0.3, 0.4) is 0 Å². The Balaban J connectivity index is 0.000000461. The number of ketones is 1. The number of ether oxygens (including phenoxy) is 1. The van der Waals surface area contributed by atoms with E-state index in [-0.39, 0.29) is 5.78 Å². The molecule has 0 N–H and O–H groups in total. The number of rotatable bonds is 1. The van der Waals surface area contributed by atoms with Crippen LogP contribution >= 0.6 is 0 Å². The summed E-state index contributed by atoms with van der Waals surface area (Å²) in [4.78, 5) is 11.0. The molecule has 1 aliphatic heterocycles. The van der Waals surface area contributed by atoms with Crippen LogP contribution < -0.4 is 0 Å². The van der Waals surface area contributed by atoms with Crippen molar-refractivity contribution in [1.82, 2.24) is 0 Å². The van der Waals surface area contributed by atoms with Gasteiger partial charge in [0.15, 0.2) is 11.5 Å². The van der Waals surface area contributed by atoms with E-state index in [1.807, 2.05) is 19.9 Å². The van der Waals surface area contributed by atoms with E-state index in [1.54, 1.807) is 6.92 Å². The predicted molar refractivity (Wildman–Crippen MR) is 56.9 cm³/mol. The molecule has 80 valence electrons. The van der Waals surface area contributed by atoms with Gasteiger partial charge in [0, 0.05) is 12.8 Å². The molecule has 0 bridgehead atoms. The van der Waals surface area contributed by atoms with Crippen LogP contribution in [-0.2, 0) is 9.53 Å². The van der Waals surface area contributed by atoms with Crippen LogP contribution in [0.1, 0.15) is 46.5 Å². The molecule has 1 fully saturated rings. The lowest BCUT2D eigenvalue weighted by atomic mass is 9.87. The molecule has 0 spiro atoms. The van der Waals surface area contributed by atoms with Gasteiger partial charge < -0.3 is 4.74 Å². The summed E-state index contributed by atoms with van der Waals surface area (Å²) in [6.45, 7) is 5.57. The van der Waals surface area contributed by atoms with Gasteiger partial charge in [-0.3, -0.25) is 4.79 Å². The Morgan fingerprint density at radius 2 is 2.00 bits per heavy atom. The van der Waals surface area contributed by atoms with Crippen molar-refractivity contribution in [3.05, 3.63) is 11.8 Å². The number of Topliss-reactive ketones (excluding diaryl/α,β-unsaturated/α-hetero) is 1. The van der Waals surface area contributed by atoms with Gasteiger partial charge in [-0.05, 0) is 25.3 Å². The highest BCUT2D eigenvalue weighted by atomic mass is 16.5. The van der Waals surface area contributed by atoms with Crippen molar-refractivity contribution in [3.63, 3.8) is 0 Å². The van der Waals surface area contributed by atoms with Crippen LogP contribution in [0, 0.1) is 5.92 Å². The minimum absolute atomic E-state index is 0.0735. The minimum atomic E-state index is 0.0735. The third-order valence-electron chi connectivity index (χ3n) is 2.74. The molecule has 0 saturated heterocycles. The fraction of sp³-hybridized carbons (Fsp3) is 0.750. The maximum atomic E-state index is 11.0. The molecule has 2 unspecified atom stereocenters. The number of carbonyl (C=O) groups excluding carboxylic acids is 1. The lowest BCUT2D eigenvalue weighted by molar-refractivity contribution is -0.117. The first-order chi connectivity index (χ1) is 6.77. The van der Waals surface area contributed by atoms with Gasteiger partial charge in [-0.2, -0.15) is 0 Å². The van der Waals surface area contributed by atoms with Crippen molar-refractivity contribution in [1.29, 1.82) is 0 Å². The topological polar surface area (TPSA) is 26.3 Å². The van der Waals surface area contributed by atoms with Crippen molar-refractivity contribution < 1.29 is 9.53 Å². The second kappa shape index (κ2) is 5.18. The lowest BCUT2D eigenvalue weighted by Crippen LogP contribution is -2.21. The molecule has 2 heteroatoms. The van der Waals surface area contributed by atoms with Gasteiger partial charge in [-0.1, -0.05) is 20.3 Å². The molecule has 0 amide bonds. The zero-order valence-corrected chi connectivity index (χ0v) is 9.38. The Bertz CT molecular complexity index is 230. The molecule has 2 rings (SSSR count). The molecule has 1 heterocycles. The maximum Gasteiger partial charge on any atom is 0.193 e. The molecule has 1 aliphatic carbocycles. The largest absolute Gasteiger partial charge is 0.486 e. The molecular weight excluding hydrogens is 176 g/mol. The van der Waals surface area contributed by atoms with Gasteiger partial charge in [0.1, 0.15) is 6.10 Å². The van der Waals surface area contributed by atoms with E-state index in [0.717, 1.165) is 6.42 Å². The maximum absolute atomic E-state index is 11.0. The third-order valence-corrected chi connectivity index (χ3v) is 2.74. The molecule has 0 aromatic rings. The van der Waals surface area contributed by atoms with Crippen LogP contribution in [0.2, 0.25) is 0 Å². The Hall–Kier alpha value is -0.790. The highest BCUT2D eigenvalue weighted by Crippen LogP contribution is 2.35. The van der Waals surface area contributed by atoms with Gasteiger partial charge in [0.25, 0.3) is 0 Å². The molecule has 0 aromatic carbocycles. The van der Waals surface area contributed by atoms with Crippen LogP contribution in [-0.4, -0.2) is 11.9 Å². The number of carbonyl (C=O) groups is 1. The Labute approximate surface area is 86.3 Å². The average Bonchev–Trinajstić information content (AvgIpc) is 2.64. The van der Waals surface area contributed by atoms with Crippen molar-refractivity contribution >= 4 is 5.78 Å². The average molecular weight is 196 g/mol. The fourth-order valence-corrected chi connectivity index (χ4v) is 2.06. The smallest absolute Gasteiger partial charge is 0.193 e. The molecule has 1 saturated carbocycles. The summed E-state index contributed by atoms with van der Waals surface area (Å²) in [5, 5.41) is 0. The number of allylic oxidation sites excluding steroid dienone is 1. The highest BCUT2D eigenvalue weighted by molar-refractivity contribution is 5.91. The summed E-state index contributed by atoms with van der Waals surface area (Å²) in [5.41, 5.74) is 0. The molecule has 2 nitrogen and oxygen atoms in total. The summed E-state index contributed by atoms with van der Waals surface area (Å²) in [7, 11) is 0. The summed E-state index contributed by atoms with van der Waals surface area (Å²) >= 11 is 0. The number of hydrogen-bond donors (Lipinski definition) is 0. The quantitative estimate of drug-likeness (QED) is 0.644. The van der Waals surface area contributed by atoms with E-state index in [2.05, 4.69) is 0 Å². The zero-order chi connectivity index (χ0) is 10.6. The van der Waals surface area contributed by atoms with Crippen molar-refractivity contribution in [2.24, 2.45) is 5.92 Å². The summed E-state index contributed by atoms with van der Waals surface area (Å²) < 4.78 is 5.54. The number of hydrogen-bond acceptors (Lipinski definition) is 2. The van der Waals surface area contributed by atoms with Crippen molar-refractivity contribution in [2.75, 3.05) is 0 Å². The van der Waals surface area contributed by atoms with E-state index < -0.39 is 0 Å². The van der Waals surface area contributed by atoms with Gasteiger partial charge in [-0.15, -0.1) is 0 Å². The second-order valence-corrected chi connectivity index (χ2v) is 3.69. The third kappa shape index (κ3) is 2.37. The SMILES string of the molecule is CC.CC(=O)C1=CC2CCCCC2O1. The summed E-state index contributed by atoms with van der Waals surface area (Å²) in [6.07, 6.45) is 7.19. The molecule has 2 aliphatic rings. The Kier molecular flexibility index (Phi) is 4.18. The first-order valence-corrected chi connectivity index (χ1v) is 5.67. The predicted octanol–water partition coefficient (Wildman–Crippen LogP) is 3.07. The van der Waals surface area contributed by atoms with Gasteiger partial charge in [0.2, 0.25) is 0 Å². The van der Waals surface area contributed by atoms with E-state index in [9.17, 15) is 4.79 Å². The first kappa shape index (κ1) is 11.3. The Morgan fingerprint density at radius 3 is 2.57 bits per heavy atom. The number of fused-ring (bicyclic) bond motifs is 1. The van der Waals surface area contributed by atoms with Gasteiger partial charge >= 0.3 is 0 Å². The first-order valence-electron chi connectivity index (χ1n) is 5.67. The Morgan fingerprint density at radius 1 is 1.36 bits per heavy atom. The van der Waals surface area contributed by atoms with E-state index in [0.29, 0.717) is 17.8 Å². The summed E-state index contributed by atoms with van der Waals surface area (Å²) in [5.74, 6) is 1.20. The fourth-order valence-electron chi connectivity index (χ4n) is 2.06. The normalized spacial score (nSPS) is 29.2. The minimum Gasteiger partial charge on any atom is -0.486 e. The standard InChI is InChI=1S/C10H14O2.C2H6/c1-7(11)10-6-8-4-2-3-5-9(8)12-10;1-2/h6,8-9H,2-5H2,1H3;1-2H3. The van der Waals surface area contributed by atoms with E-state index >= 15 is 0 Å². The molecule has 0 radical (unpaired) electrons. The zero-order valence-electron chi connectivity index (χ0n) is 9.38. The van der Waals surface area contributed by atoms with E-state index in [4.69, 9.17) is 4.74 Å². The second-order valence-electron chi connectivity index (χ2n) is 3.69. The van der Waals surface area contributed by atoms with Gasteiger partial charge in [-0.25, -0.2) is 0 Å². The van der Waals surface area contributed by atoms with Crippen LogP contribution in [0.15, 0.2) is 11.8 Å². The molecule has 2 atom stereocenters. The van der Waals surface area contributed by atoms with Crippen LogP contribution in [0.25, 0.3) is 0 Å². The monoisotopic (exact) mass is 196 g/mol. The van der Waals surface area contributed by atoms with Gasteiger partial charge in [0.05, 0.1) is 0 Å². The van der Waals surface area contributed by atoms with Crippen molar-refractivity contribution in [2.45, 2.75) is 52.6 Å². The molecule has 0 aromatic heterocycles. The molecule has 14 heavy (non-hydrogen) atoms. The highest BCUT2D eigenvalue weighted by Gasteiger charge is 2.32. The van der Waals surface area contributed by atoms with Crippen LogP contribution in [0.4, 0.5) is 0 Å². The van der Waals surface area contributed by atoms with Crippen molar-refractivity contribution in [3.8, 4) is 0 Å². The van der Waals surface area contributed by atoms with E-state index in [1.165, 1.54) is 19.3 Å². The summed E-state index contributed by atoms with van der Waals surface area (Å²) in [6, 6.07) is 0. The van der Waals surface area contributed by atoms with Crippen LogP contribution in [0.5, 0.6) is 0 Å². The molecular formula is C12H20O2.